The van der Waals surface area contributed by atoms with Crippen molar-refractivity contribution in [3.8, 4) is 0 Å². The lowest BCUT2D eigenvalue weighted by Gasteiger charge is -2.02. The number of nitrogens with zero attached hydrogens (tertiary/aromatic N) is 2. The predicted octanol–water partition coefficient (Wildman–Crippen LogP) is -1.25. The maximum Gasteiger partial charge on any atom is 0.0803 e. The van der Waals surface area contributed by atoms with Crippen LogP contribution in [-0.4, -0.2) is 30.8 Å². The van der Waals surface area contributed by atoms with Gasteiger partial charge in [-0.2, -0.15) is 11.1 Å². The second-order valence-electron chi connectivity index (χ2n) is 1.76. The lowest BCUT2D eigenvalue weighted by Crippen LogP contribution is -2.35. The van der Waals surface area contributed by atoms with Gasteiger partial charge in [0.15, 0.2) is 0 Å². The highest BCUT2D eigenvalue weighted by Crippen LogP contribution is 1.82. The molecule has 4 heteroatoms. The van der Waals surface area contributed by atoms with Gasteiger partial charge in [0.25, 0.3) is 0 Å². The van der Waals surface area contributed by atoms with Crippen LogP contribution in [0.4, 0.5) is 0 Å². The average molecular weight is 102 g/mol. The minimum absolute atomic E-state index is 0.917. The molecule has 0 atom stereocenters. The SMILES string of the molecule is CN1CN(C)NN1. The molecule has 1 saturated heterocycles. The summed E-state index contributed by atoms with van der Waals surface area (Å²) in [6.07, 6.45) is 0. The van der Waals surface area contributed by atoms with Crippen LogP contribution in [0, 0.1) is 0 Å². The second-order valence-corrected chi connectivity index (χ2v) is 1.76. The first kappa shape index (κ1) is 4.99. The van der Waals surface area contributed by atoms with Crippen molar-refractivity contribution < 1.29 is 0 Å². The van der Waals surface area contributed by atoms with Gasteiger partial charge in [-0.1, -0.05) is 0 Å². The molecule has 0 aromatic carbocycles. The highest BCUT2D eigenvalue weighted by atomic mass is 15.9. The Labute approximate surface area is 43.0 Å². The fourth-order valence-electron chi connectivity index (χ4n) is 0.560. The molecular formula is C3H10N4. The van der Waals surface area contributed by atoms with Crippen molar-refractivity contribution >= 4 is 0 Å². The van der Waals surface area contributed by atoms with E-state index in [4.69, 9.17) is 0 Å². The molecule has 4 nitrogen and oxygen atoms in total. The number of rotatable bonds is 0. The van der Waals surface area contributed by atoms with Crippen LogP contribution in [-0.2, 0) is 0 Å². The quantitative estimate of drug-likeness (QED) is 0.400. The van der Waals surface area contributed by atoms with E-state index < -0.39 is 0 Å². The monoisotopic (exact) mass is 102 g/mol. The van der Waals surface area contributed by atoms with Gasteiger partial charge in [0.2, 0.25) is 0 Å². The molecule has 0 saturated carbocycles. The van der Waals surface area contributed by atoms with Crippen LogP contribution in [0.25, 0.3) is 0 Å². The molecule has 0 aromatic rings. The van der Waals surface area contributed by atoms with Gasteiger partial charge in [-0.25, -0.2) is 10.0 Å². The number of hydrogen-bond acceptors (Lipinski definition) is 4. The summed E-state index contributed by atoms with van der Waals surface area (Å²) in [6.45, 7) is 0.917. The minimum Gasteiger partial charge on any atom is -0.217 e. The summed E-state index contributed by atoms with van der Waals surface area (Å²) in [7, 11) is 3.94. The largest absolute Gasteiger partial charge is 0.217 e. The smallest absolute Gasteiger partial charge is 0.0803 e. The molecule has 42 valence electrons. The Morgan fingerprint density at radius 1 is 1.14 bits per heavy atom. The molecule has 0 aromatic heterocycles. The van der Waals surface area contributed by atoms with E-state index in [1.165, 1.54) is 0 Å². The van der Waals surface area contributed by atoms with Gasteiger partial charge in [0.1, 0.15) is 0 Å². The molecule has 0 aliphatic carbocycles. The third kappa shape index (κ3) is 1.10. The van der Waals surface area contributed by atoms with Crippen molar-refractivity contribution in [3.63, 3.8) is 0 Å². The Morgan fingerprint density at radius 3 is 1.71 bits per heavy atom. The third-order valence-electron chi connectivity index (χ3n) is 0.856. The van der Waals surface area contributed by atoms with Crippen molar-refractivity contribution in [1.29, 1.82) is 0 Å². The molecule has 7 heavy (non-hydrogen) atoms. The Balaban J connectivity index is 2.26. The Kier molecular flexibility index (Phi) is 1.25. The predicted molar refractivity (Wildman–Crippen MR) is 26.7 cm³/mol. The number of nitrogens with one attached hydrogen (secondary N) is 2. The first-order valence-corrected chi connectivity index (χ1v) is 2.22. The summed E-state index contributed by atoms with van der Waals surface area (Å²) < 4.78 is 0. The molecule has 1 aliphatic heterocycles. The maximum absolute atomic E-state index is 2.88. The van der Waals surface area contributed by atoms with Crippen LogP contribution in [0.2, 0.25) is 0 Å². The van der Waals surface area contributed by atoms with Gasteiger partial charge in [0.05, 0.1) is 6.67 Å². The summed E-state index contributed by atoms with van der Waals surface area (Å²) in [6, 6.07) is 0. The average Bonchev–Trinajstić information content (AvgIpc) is 1.87. The van der Waals surface area contributed by atoms with Crippen molar-refractivity contribution in [2.45, 2.75) is 0 Å². The van der Waals surface area contributed by atoms with Crippen LogP contribution in [0.5, 0.6) is 0 Å². The molecule has 1 aliphatic rings. The fourth-order valence-corrected chi connectivity index (χ4v) is 0.560. The molecule has 0 bridgehead atoms. The van der Waals surface area contributed by atoms with Crippen LogP contribution >= 0.6 is 0 Å². The third-order valence-corrected chi connectivity index (χ3v) is 0.856. The van der Waals surface area contributed by atoms with Gasteiger partial charge >= 0.3 is 0 Å². The first-order valence-electron chi connectivity index (χ1n) is 2.22. The van der Waals surface area contributed by atoms with E-state index in [1.807, 2.05) is 24.1 Å². The van der Waals surface area contributed by atoms with Crippen molar-refractivity contribution in [2.24, 2.45) is 0 Å². The van der Waals surface area contributed by atoms with Crippen LogP contribution in [0.15, 0.2) is 0 Å². The zero-order chi connectivity index (χ0) is 5.28. The van der Waals surface area contributed by atoms with Crippen LogP contribution in [0.3, 0.4) is 0 Å². The lowest BCUT2D eigenvalue weighted by atomic mass is 10.9. The molecule has 1 rings (SSSR count). The van der Waals surface area contributed by atoms with Crippen molar-refractivity contribution in [1.82, 2.24) is 21.1 Å². The lowest BCUT2D eigenvalue weighted by molar-refractivity contribution is 0.281. The normalized spacial score (nSPS) is 26.6. The number of hydrogen-bond donors (Lipinski definition) is 2. The fraction of sp³-hybridized carbons (Fsp3) is 1.00. The highest BCUT2D eigenvalue weighted by molar-refractivity contribution is 4.43. The van der Waals surface area contributed by atoms with Crippen LogP contribution in [0.1, 0.15) is 0 Å². The van der Waals surface area contributed by atoms with E-state index in [2.05, 4.69) is 11.1 Å². The van der Waals surface area contributed by atoms with E-state index in [-0.39, 0.29) is 0 Å². The maximum atomic E-state index is 2.88. The molecule has 0 radical (unpaired) electrons. The Morgan fingerprint density at radius 2 is 1.57 bits per heavy atom. The summed E-state index contributed by atoms with van der Waals surface area (Å²) in [5, 5.41) is 3.89. The van der Waals surface area contributed by atoms with E-state index in [0.717, 1.165) is 6.67 Å². The molecule has 2 N–H and O–H groups in total. The van der Waals surface area contributed by atoms with E-state index in [1.54, 1.807) is 0 Å². The molecule has 0 spiro atoms. The minimum atomic E-state index is 0.917. The van der Waals surface area contributed by atoms with Crippen molar-refractivity contribution in [2.75, 3.05) is 20.8 Å². The Bertz CT molecular complexity index is 56.0. The van der Waals surface area contributed by atoms with Gasteiger partial charge in [-0.05, 0) is 0 Å². The molecule has 0 unspecified atom stereocenters. The Hall–Kier alpha value is -0.160. The highest BCUT2D eigenvalue weighted by Gasteiger charge is 2.08. The summed E-state index contributed by atoms with van der Waals surface area (Å²) in [4.78, 5) is 0. The van der Waals surface area contributed by atoms with Gasteiger partial charge < -0.3 is 0 Å². The summed E-state index contributed by atoms with van der Waals surface area (Å²) >= 11 is 0. The zero-order valence-electron chi connectivity index (χ0n) is 4.60. The summed E-state index contributed by atoms with van der Waals surface area (Å²) in [5.74, 6) is 0. The molecule has 1 fully saturated rings. The zero-order valence-corrected chi connectivity index (χ0v) is 4.60. The standard InChI is InChI=1S/C3H10N4/c1-6-3-7(2)5-4-6/h4-5H,3H2,1-2H3. The molecular weight excluding hydrogens is 92.1 g/mol. The second kappa shape index (κ2) is 1.75. The summed E-state index contributed by atoms with van der Waals surface area (Å²) in [5.41, 5.74) is 5.76. The van der Waals surface area contributed by atoms with E-state index in [0.29, 0.717) is 0 Å². The topological polar surface area (TPSA) is 30.5 Å². The van der Waals surface area contributed by atoms with Gasteiger partial charge in [0, 0.05) is 14.1 Å². The van der Waals surface area contributed by atoms with E-state index >= 15 is 0 Å². The molecule has 1 heterocycles. The van der Waals surface area contributed by atoms with Crippen LogP contribution < -0.4 is 11.1 Å². The first-order chi connectivity index (χ1) is 3.29. The van der Waals surface area contributed by atoms with E-state index in [9.17, 15) is 0 Å². The van der Waals surface area contributed by atoms with Gasteiger partial charge in [-0.15, -0.1) is 0 Å². The van der Waals surface area contributed by atoms with Gasteiger partial charge in [-0.3, -0.25) is 0 Å². The number of hydrazine groups is 3. The molecule has 0 amide bonds. The van der Waals surface area contributed by atoms with Crippen molar-refractivity contribution in [3.05, 3.63) is 0 Å².